The normalized spacial score (nSPS) is 25.1. The van der Waals surface area contributed by atoms with Crippen LogP contribution in [-0.4, -0.2) is 19.2 Å². The van der Waals surface area contributed by atoms with E-state index in [1.165, 1.54) is 19.3 Å². The first-order valence-corrected chi connectivity index (χ1v) is 7.26. The van der Waals surface area contributed by atoms with Crippen molar-refractivity contribution >= 4 is 11.6 Å². The molecule has 2 fully saturated rings. The summed E-state index contributed by atoms with van der Waals surface area (Å²) >= 11 is 6.16. The van der Waals surface area contributed by atoms with Gasteiger partial charge in [0.1, 0.15) is 11.9 Å². The second-order valence-electron chi connectivity index (χ2n) is 5.54. The lowest BCUT2D eigenvalue weighted by Crippen LogP contribution is -2.31. The van der Waals surface area contributed by atoms with Gasteiger partial charge in [0.15, 0.2) is 0 Å². The van der Waals surface area contributed by atoms with Gasteiger partial charge in [-0.3, -0.25) is 0 Å². The van der Waals surface area contributed by atoms with Gasteiger partial charge >= 0.3 is 0 Å². The first-order chi connectivity index (χ1) is 8.75. The van der Waals surface area contributed by atoms with Crippen LogP contribution in [-0.2, 0) is 0 Å². The molecule has 2 atom stereocenters. The fraction of sp³-hybridized carbons (Fsp3) is 0.600. The summed E-state index contributed by atoms with van der Waals surface area (Å²) in [5.74, 6) is 2.38. The molecule has 98 valence electrons. The van der Waals surface area contributed by atoms with Crippen LogP contribution in [0.4, 0.5) is 0 Å². The number of ether oxygens (including phenoxy) is 1. The average molecular weight is 266 g/mol. The van der Waals surface area contributed by atoms with Gasteiger partial charge in [0.2, 0.25) is 0 Å². The molecule has 1 aromatic carbocycles. The molecule has 1 saturated carbocycles. The third-order valence-electron chi connectivity index (χ3n) is 4.13. The minimum atomic E-state index is 0.372. The van der Waals surface area contributed by atoms with E-state index < -0.39 is 0 Å². The van der Waals surface area contributed by atoms with Gasteiger partial charge in [-0.25, -0.2) is 0 Å². The third kappa shape index (κ3) is 2.50. The van der Waals surface area contributed by atoms with Gasteiger partial charge in [0.25, 0.3) is 0 Å². The second-order valence-corrected chi connectivity index (χ2v) is 5.94. The Kier molecular flexibility index (Phi) is 3.49. The van der Waals surface area contributed by atoms with Crippen LogP contribution in [0.1, 0.15) is 24.8 Å². The molecule has 1 saturated heterocycles. The topological polar surface area (TPSA) is 21.3 Å². The van der Waals surface area contributed by atoms with Gasteiger partial charge in [-0.15, -0.1) is 0 Å². The lowest BCUT2D eigenvalue weighted by molar-refractivity contribution is 0.120. The van der Waals surface area contributed by atoms with Crippen LogP contribution in [0.15, 0.2) is 18.2 Å². The molecule has 1 aliphatic heterocycles. The van der Waals surface area contributed by atoms with Crippen molar-refractivity contribution in [1.82, 2.24) is 5.32 Å². The van der Waals surface area contributed by atoms with Crippen molar-refractivity contribution < 1.29 is 4.74 Å². The molecule has 0 radical (unpaired) electrons. The van der Waals surface area contributed by atoms with Gasteiger partial charge < -0.3 is 10.1 Å². The SMILES string of the molecule is Cc1c(Cl)cccc1O[C@@H](C1CC1)[C@@H]1CCNC1. The number of nitrogens with one attached hydrogen (secondary N) is 1. The first-order valence-electron chi connectivity index (χ1n) is 6.88. The van der Waals surface area contributed by atoms with E-state index in [2.05, 4.69) is 5.32 Å². The maximum atomic E-state index is 6.31. The molecule has 1 aromatic rings. The Balaban J connectivity index is 1.77. The van der Waals surface area contributed by atoms with Crippen LogP contribution < -0.4 is 10.1 Å². The third-order valence-corrected chi connectivity index (χ3v) is 4.54. The highest BCUT2D eigenvalue weighted by molar-refractivity contribution is 6.31. The van der Waals surface area contributed by atoms with Crippen molar-refractivity contribution in [3.8, 4) is 5.75 Å². The van der Waals surface area contributed by atoms with Crippen LogP contribution in [0, 0.1) is 18.8 Å². The number of benzene rings is 1. The summed E-state index contributed by atoms with van der Waals surface area (Å²) < 4.78 is 6.31. The summed E-state index contributed by atoms with van der Waals surface area (Å²) in [6.45, 7) is 4.26. The zero-order valence-corrected chi connectivity index (χ0v) is 11.5. The van der Waals surface area contributed by atoms with Gasteiger partial charge in [0.05, 0.1) is 0 Å². The van der Waals surface area contributed by atoms with Crippen molar-refractivity contribution in [2.24, 2.45) is 11.8 Å². The van der Waals surface area contributed by atoms with Gasteiger partial charge in [-0.05, 0) is 50.8 Å². The molecule has 3 heteroatoms. The fourth-order valence-corrected chi connectivity index (χ4v) is 2.99. The fourth-order valence-electron chi connectivity index (χ4n) is 2.82. The molecule has 18 heavy (non-hydrogen) atoms. The van der Waals surface area contributed by atoms with Crippen LogP contribution in [0.3, 0.4) is 0 Å². The number of rotatable bonds is 4. The maximum Gasteiger partial charge on any atom is 0.124 e. The van der Waals surface area contributed by atoms with Crippen molar-refractivity contribution in [2.75, 3.05) is 13.1 Å². The Bertz CT molecular complexity index is 425. The monoisotopic (exact) mass is 265 g/mol. The Morgan fingerprint density at radius 2 is 2.11 bits per heavy atom. The Morgan fingerprint density at radius 1 is 1.28 bits per heavy atom. The predicted octanol–water partition coefficient (Wildman–Crippen LogP) is 3.42. The van der Waals surface area contributed by atoms with E-state index in [9.17, 15) is 0 Å². The van der Waals surface area contributed by atoms with Crippen LogP contribution in [0.2, 0.25) is 5.02 Å². The summed E-state index contributed by atoms with van der Waals surface area (Å²) in [6.07, 6.45) is 4.25. The van der Waals surface area contributed by atoms with Crippen molar-refractivity contribution in [3.63, 3.8) is 0 Å². The molecule has 2 aliphatic rings. The van der Waals surface area contributed by atoms with Crippen LogP contribution >= 0.6 is 11.6 Å². The van der Waals surface area contributed by atoms with E-state index >= 15 is 0 Å². The summed E-state index contributed by atoms with van der Waals surface area (Å²) in [5, 5.41) is 4.24. The number of halogens is 1. The second kappa shape index (κ2) is 5.10. The molecule has 0 spiro atoms. The minimum absolute atomic E-state index is 0.372. The molecule has 0 aromatic heterocycles. The van der Waals surface area contributed by atoms with E-state index in [1.807, 2.05) is 25.1 Å². The highest BCUT2D eigenvalue weighted by atomic mass is 35.5. The Hall–Kier alpha value is -0.730. The van der Waals surface area contributed by atoms with Crippen LogP contribution in [0.25, 0.3) is 0 Å². The van der Waals surface area contributed by atoms with E-state index in [1.54, 1.807) is 0 Å². The zero-order chi connectivity index (χ0) is 12.5. The summed E-state index contributed by atoms with van der Waals surface area (Å²) in [7, 11) is 0. The lowest BCUT2D eigenvalue weighted by Gasteiger charge is -2.25. The smallest absolute Gasteiger partial charge is 0.124 e. The molecule has 2 nitrogen and oxygen atoms in total. The Labute approximate surface area is 114 Å². The molecule has 0 amide bonds. The van der Waals surface area contributed by atoms with Crippen molar-refractivity contribution in [1.29, 1.82) is 0 Å². The van der Waals surface area contributed by atoms with Crippen molar-refractivity contribution in [2.45, 2.75) is 32.3 Å². The molecular formula is C15H20ClNO. The summed E-state index contributed by atoms with van der Waals surface area (Å²) in [5.41, 5.74) is 1.07. The van der Waals surface area contributed by atoms with Crippen LogP contribution in [0.5, 0.6) is 5.75 Å². The highest BCUT2D eigenvalue weighted by Crippen LogP contribution is 2.40. The van der Waals surface area contributed by atoms with Gasteiger partial charge in [0, 0.05) is 23.0 Å². The molecule has 1 heterocycles. The molecule has 0 unspecified atom stereocenters. The summed E-state index contributed by atoms with van der Waals surface area (Å²) in [6, 6.07) is 5.94. The molecule has 0 bridgehead atoms. The van der Waals surface area contributed by atoms with E-state index in [-0.39, 0.29) is 0 Å². The van der Waals surface area contributed by atoms with E-state index in [0.717, 1.165) is 35.3 Å². The zero-order valence-electron chi connectivity index (χ0n) is 10.8. The average Bonchev–Trinajstić information content (AvgIpc) is 3.06. The van der Waals surface area contributed by atoms with E-state index in [0.29, 0.717) is 12.0 Å². The summed E-state index contributed by atoms with van der Waals surface area (Å²) in [4.78, 5) is 0. The van der Waals surface area contributed by atoms with Gasteiger partial charge in [-0.2, -0.15) is 0 Å². The van der Waals surface area contributed by atoms with E-state index in [4.69, 9.17) is 16.3 Å². The lowest BCUT2D eigenvalue weighted by atomic mass is 9.97. The standard InChI is InChI=1S/C15H20ClNO/c1-10-13(16)3-2-4-14(10)18-15(11-5-6-11)12-7-8-17-9-12/h2-4,11-12,15,17H,5-9H2,1H3/t12-,15+/m1/s1. The minimum Gasteiger partial charge on any atom is -0.489 e. The molecule has 1 N–H and O–H groups in total. The first kappa shape index (κ1) is 12.3. The highest BCUT2D eigenvalue weighted by Gasteiger charge is 2.39. The Morgan fingerprint density at radius 3 is 2.78 bits per heavy atom. The molecule has 3 rings (SSSR count). The molecule has 1 aliphatic carbocycles. The van der Waals surface area contributed by atoms with Crippen molar-refractivity contribution in [3.05, 3.63) is 28.8 Å². The number of hydrogen-bond donors (Lipinski definition) is 1. The quantitative estimate of drug-likeness (QED) is 0.901. The molecular weight excluding hydrogens is 246 g/mol. The predicted molar refractivity (Wildman–Crippen MR) is 74.3 cm³/mol. The van der Waals surface area contributed by atoms with Gasteiger partial charge in [-0.1, -0.05) is 17.7 Å². The number of hydrogen-bond acceptors (Lipinski definition) is 2. The maximum absolute atomic E-state index is 6.31. The largest absolute Gasteiger partial charge is 0.489 e.